The normalized spacial score (nSPS) is 27.9. The van der Waals surface area contributed by atoms with Crippen molar-refractivity contribution in [3.8, 4) is 0 Å². The van der Waals surface area contributed by atoms with E-state index in [4.69, 9.17) is 10.5 Å². The molecule has 94 valence electrons. The molecule has 0 bridgehead atoms. The molecule has 3 unspecified atom stereocenters. The van der Waals surface area contributed by atoms with E-state index in [1.165, 1.54) is 0 Å². The Morgan fingerprint density at radius 3 is 2.65 bits per heavy atom. The average molecular weight is 235 g/mol. The Hall–Kier alpha value is -0.900. The van der Waals surface area contributed by atoms with Crippen molar-refractivity contribution in [2.75, 3.05) is 19.8 Å². The minimum atomic E-state index is -0.447. The van der Waals surface area contributed by atoms with E-state index in [0.29, 0.717) is 19.8 Å². The number of nitrogens with two attached hydrogens (primary N) is 1. The van der Waals surface area contributed by atoms with Gasteiger partial charge in [0.1, 0.15) is 0 Å². The van der Waals surface area contributed by atoms with Crippen molar-refractivity contribution >= 4 is 0 Å². The fourth-order valence-corrected chi connectivity index (χ4v) is 2.61. The molecule has 0 saturated carbocycles. The Bertz CT molecular complexity index is 346. The third-order valence-corrected chi connectivity index (χ3v) is 3.97. The zero-order chi connectivity index (χ0) is 12.3. The summed E-state index contributed by atoms with van der Waals surface area (Å²) in [4.78, 5) is 0. The second-order valence-corrected chi connectivity index (χ2v) is 5.01. The minimum absolute atomic E-state index is 0.0847. The van der Waals surface area contributed by atoms with Crippen molar-refractivity contribution in [2.24, 2.45) is 11.1 Å². The van der Waals surface area contributed by atoms with Crippen LogP contribution in [0.4, 0.5) is 0 Å². The first-order valence-corrected chi connectivity index (χ1v) is 6.20. The van der Waals surface area contributed by atoms with Gasteiger partial charge in [-0.2, -0.15) is 0 Å². The van der Waals surface area contributed by atoms with Crippen LogP contribution in [0, 0.1) is 5.41 Å². The Kier molecular flexibility index (Phi) is 3.82. The lowest BCUT2D eigenvalue weighted by Crippen LogP contribution is -2.45. The summed E-state index contributed by atoms with van der Waals surface area (Å²) in [5, 5.41) is 10.6. The first-order chi connectivity index (χ1) is 8.19. The average Bonchev–Trinajstić information content (AvgIpc) is 2.88. The van der Waals surface area contributed by atoms with Crippen LogP contribution in [0.3, 0.4) is 0 Å². The maximum atomic E-state index is 10.6. The third-order valence-electron chi connectivity index (χ3n) is 3.97. The summed E-state index contributed by atoms with van der Waals surface area (Å²) in [5.41, 5.74) is 6.73. The van der Waals surface area contributed by atoms with E-state index >= 15 is 0 Å². The molecule has 1 aromatic carbocycles. The number of aliphatic hydroxyl groups is 1. The zero-order valence-electron chi connectivity index (χ0n) is 10.3. The molecule has 1 saturated heterocycles. The Balaban J connectivity index is 2.16. The molecule has 1 aliphatic rings. The summed E-state index contributed by atoms with van der Waals surface area (Å²) < 4.78 is 5.42. The lowest BCUT2D eigenvalue weighted by Gasteiger charge is -2.35. The first-order valence-electron chi connectivity index (χ1n) is 6.20. The summed E-state index contributed by atoms with van der Waals surface area (Å²) in [6.45, 7) is 3.80. The van der Waals surface area contributed by atoms with Crippen molar-refractivity contribution < 1.29 is 9.84 Å². The predicted octanol–water partition coefficient (Wildman–Crippen LogP) is 1.52. The molecule has 0 aliphatic carbocycles. The molecular weight excluding hydrogens is 214 g/mol. The number of hydrogen-bond donors (Lipinski definition) is 2. The van der Waals surface area contributed by atoms with Crippen LogP contribution < -0.4 is 5.73 Å². The van der Waals surface area contributed by atoms with Crippen LogP contribution in [0.2, 0.25) is 0 Å². The van der Waals surface area contributed by atoms with Crippen LogP contribution in [0.15, 0.2) is 30.3 Å². The van der Waals surface area contributed by atoms with E-state index < -0.39 is 6.10 Å². The molecule has 0 amide bonds. The Morgan fingerprint density at radius 2 is 2.12 bits per heavy atom. The zero-order valence-corrected chi connectivity index (χ0v) is 10.3. The number of rotatable bonds is 4. The van der Waals surface area contributed by atoms with Gasteiger partial charge in [-0.05, 0) is 12.0 Å². The van der Waals surface area contributed by atoms with Crippen LogP contribution in [0.1, 0.15) is 24.8 Å². The van der Waals surface area contributed by atoms with Gasteiger partial charge < -0.3 is 15.6 Å². The van der Waals surface area contributed by atoms with Crippen molar-refractivity contribution in [3.05, 3.63) is 35.9 Å². The molecule has 17 heavy (non-hydrogen) atoms. The van der Waals surface area contributed by atoms with Crippen molar-refractivity contribution in [2.45, 2.75) is 25.4 Å². The third kappa shape index (κ3) is 2.37. The number of benzene rings is 1. The van der Waals surface area contributed by atoms with Gasteiger partial charge in [0.15, 0.2) is 0 Å². The molecule has 3 nitrogen and oxygen atoms in total. The molecular formula is C14H21NO2. The second-order valence-electron chi connectivity index (χ2n) is 5.01. The standard InChI is InChI=1S/C14H21NO2/c1-11(12-5-3-2-4-6-12)13(16)14(9-15)7-8-17-10-14/h2-6,11,13,16H,7-10,15H2,1H3. The van der Waals surface area contributed by atoms with E-state index in [1.807, 2.05) is 30.3 Å². The maximum absolute atomic E-state index is 10.6. The summed E-state index contributed by atoms with van der Waals surface area (Å²) in [6.07, 6.45) is 0.402. The van der Waals surface area contributed by atoms with E-state index in [0.717, 1.165) is 12.0 Å². The number of aliphatic hydroxyl groups excluding tert-OH is 1. The van der Waals surface area contributed by atoms with Gasteiger partial charge in [0, 0.05) is 24.5 Å². The van der Waals surface area contributed by atoms with Gasteiger partial charge in [0.2, 0.25) is 0 Å². The lowest BCUT2D eigenvalue weighted by atomic mass is 9.74. The molecule has 0 aromatic heterocycles. The highest BCUT2D eigenvalue weighted by Gasteiger charge is 2.43. The highest BCUT2D eigenvalue weighted by atomic mass is 16.5. The molecule has 1 aromatic rings. The van der Waals surface area contributed by atoms with Crippen molar-refractivity contribution in [3.63, 3.8) is 0 Å². The topological polar surface area (TPSA) is 55.5 Å². The van der Waals surface area contributed by atoms with Gasteiger partial charge in [-0.3, -0.25) is 0 Å². The van der Waals surface area contributed by atoms with E-state index in [1.54, 1.807) is 0 Å². The van der Waals surface area contributed by atoms with Crippen LogP contribution in [-0.2, 0) is 4.74 Å². The van der Waals surface area contributed by atoms with Crippen LogP contribution in [0.5, 0.6) is 0 Å². The largest absolute Gasteiger partial charge is 0.392 e. The Morgan fingerprint density at radius 1 is 1.41 bits per heavy atom. The van der Waals surface area contributed by atoms with Crippen LogP contribution in [-0.4, -0.2) is 31.0 Å². The van der Waals surface area contributed by atoms with Crippen LogP contribution >= 0.6 is 0 Å². The Labute approximate surface area is 103 Å². The molecule has 3 N–H and O–H groups in total. The van der Waals surface area contributed by atoms with Gasteiger partial charge >= 0.3 is 0 Å². The van der Waals surface area contributed by atoms with Gasteiger partial charge in [0.05, 0.1) is 12.7 Å². The lowest BCUT2D eigenvalue weighted by molar-refractivity contribution is 0.00532. The quantitative estimate of drug-likeness (QED) is 0.832. The molecule has 2 rings (SSSR count). The van der Waals surface area contributed by atoms with E-state index in [2.05, 4.69) is 6.92 Å². The summed E-state index contributed by atoms with van der Waals surface area (Å²) in [5.74, 6) is 0.0847. The first kappa shape index (κ1) is 12.6. The predicted molar refractivity (Wildman–Crippen MR) is 67.8 cm³/mol. The van der Waals surface area contributed by atoms with E-state index in [9.17, 15) is 5.11 Å². The molecule has 1 heterocycles. The van der Waals surface area contributed by atoms with Crippen molar-refractivity contribution in [1.82, 2.24) is 0 Å². The van der Waals surface area contributed by atoms with Gasteiger partial charge in [0.25, 0.3) is 0 Å². The highest BCUT2D eigenvalue weighted by molar-refractivity contribution is 5.21. The molecule has 0 spiro atoms. The number of hydrogen-bond acceptors (Lipinski definition) is 3. The molecule has 1 fully saturated rings. The monoisotopic (exact) mass is 235 g/mol. The van der Waals surface area contributed by atoms with Gasteiger partial charge in [-0.15, -0.1) is 0 Å². The fraction of sp³-hybridized carbons (Fsp3) is 0.571. The molecule has 3 atom stereocenters. The number of ether oxygens (including phenoxy) is 1. The molecule has 3 heteroatoms. The van der Waals surface area contributed by atoms with Gasteiger partial charge in [-0.25, -0.2) is 0 Å². The molecule has 1 aliphatic heterocycles. The SMILES string of the molecule is CC(c1ccccc1)C(O)C1(CN)CCOC1. The fourth-order valence-electron chi connectivity index (χ4n) is 2.61. The molecule has 0 radical (unpaired) electrons. The minimum Gasteiger partial charge on any atom is -0.392 e. The van der Waals surface area contributed by atoms with Gasteiger partial charge in [-0.1, -0.05) is 37.3 Å². The maximum Gasteiger partial charge on any atom is 0.0697 e. The highest BCUT2D eigenvalue weighted by Crippen LogP contribution is 2.38. The summed E-state index contributed by atoms with van der Waals surface area (Å²) in [6, 6.07) is 10.1. The summed E-state index contributed by atoms with van der Waals surface area (Å²) >= 11 is 0. The smallest absolute Gasteiger partial charge is 0.0697 e. The summed E-state index contributed by atoms with van der Waals surface area (Å²) in [7, 11) is 0. The second kappa shape index (κ2) is 5.17. The van der Waals surface area contributed by atoms with E-state index in [-0.39, 0.29) is 11.3 Å². The van der Waals surface area contributed by atoms with Crippen molar-refractivity contribution in [1.29, 1.82) is 0 Å². The van der Waals surface area contributed by atoms with Crippen LogP contribution in [0.25, 0.3) is 0 Å².